The summed E-state index contributed by atoms with van der Waals surface area (Å²) in [7, 11) is 0. The van der Waals surface area contributed by atoms with Crippen LogP contribution in [0.2, 0.25) is 0 Å². The van der Waals surface area contributed by atoms with Crippen molar-refractivity contribution in [2.45, 2.75) is 6.92 Å². The second-order valence-electron chi connectivity index (χ2n) is 1.11. The zero-order valence-electron chi connectivity index (χ0n) is 4.26. The third-order valence-electron chi connectivity index (χ3n) is 0.345. The lowest BCUT2D eigenvalue weighted by Gasteiger charge is -1.68. The lowest BCUT2D eigenvalue weighted by molar-refractivity contribution is -0.130. The fourth-order valence-corrected chi connectivity index (χ4v) is 0.141. The van der Waals surface area contributed by atoms with Gasteiger partial charge in [-0.3, -0.25) is 4.79 Å². The summed E-state index contributed by atoms with van der Waals surface area (Å²) in [4.78, 5) is 19.5. The molecule has 0 aliphatic heterocycles. The third kappa shape index (κ3) is 4.70. The normalized spacial score (nSPS) is 6.62. The highest BCUT2D eigenvalue weighted by Gasteiger charge is 1.83. The average Bonchev–Trinajstić information content (AvgIpc) is 1.61. The molecule has 0 heterocycles. The van der Waals surface area contributed by atoms with E-state index in [9.17, 15) is 9.59 Å². The maximum absolute atomic E-state index is 9.91. The SMILES string of the molecule is CC(=O)C#CC(=O)O. The van der Waals surface area contributed by atoms with Crippen LogP contribution >= 0.6 is 0 Å². The molecule has 0 aromatic heterocycles. The Bertz CT molecular complexity index is 152. The van der Waals surface area contributed by atoms with Crippen molar-refractivity contribution >= 4 is 11.8 Å². The predicted molar refractivity (Wildman–Crippen MR) is 26.1 cm³/mol. The van der Waals surface area contributed by atoms with Crippen LogP contribution < -0.4 is 0 Å². The van der Waals surface area contributed by atoms with Crippen LogP contribution in [0.4, 0.5) is 0 Å². The molecule has 0 saturated heterocycles. The topological polar surface area (TPSA) is 54.4 Å². The highest BCUT2D eigenvalue weighted by atomic mass is 16.4. The Morgan fingerprint density at radius 1 is 1.38 bits per heavy atom. The Labute approximate surface area is 46.3 Å². The lowest BCUT2D eigenvalue weighted by atomic mass is 10.4. The van der Waals surface area contributed by atoms with Gasteiger partial charge in [0, 0.05) is 12.8 Å². The van der Waals surface area contributed by atoms with Crippen molar-refractivity contribution in [1.29, 1.82) is 0 Å². The van der Waals surface area contributed by atoms with Crippen LogP contribution in [0, 0.1) is 11.8 Å². The molecule has 0 unspecified atom stereocenters. The van der Waals surface area contributed by atoms with E-state index in [1.54, 1.807) is 5.92 Å². The largest absolute Gasteiger partial charge is 0.472 e. The smallest absolute Gasteiger partial charge is 0.382 e. The molecule has 8 heavy (non-hydrogen) atoms. The minimum atomic E-state index is -1.28. The first-order valence-electron chi connectivity index (χ1n) is 1.88. The number of ketones is 1. The number of aliphatic carboxylic acids is 1. The molecule has 42 valence electrons. The highest BCUT2D eigenvalue weighted by molar-refractivity contribution is 6.00. The summed E-state index contributed by atoms with van der Waals surface area (Å²) in [5.74, 6) is 1.80. The zero-order valence-corrected chi connectivity index (χ0v) is 4.26. The van der Waals surface area contributed by atoms with Crippen LogP contribution in [-0.2, 0) is 9.59 Å². The van der Waals surface area contributed by atoms with E-state index in [-0.39, 0.29) is 0 Å². The number of carboxylic acids is 1. The minimum absolute atomic E-state index is 0.438. The molecule has 0 rings (SSSR count). The van der Waals surface area contributed by atoms with Crippen molar-refractivity contribution in [1.82, 2.24) is 0 Å². The molecular formula is C5H4O3. The van der Waals surface area contributed by atoms with E-state index >= 15 is 0 Å². The first kappa shape index (κ1) is 6.70. The molecule has 0 saturated carbocycles. The van der Waals surface area contributed by atoms with E-state index in [0.29, 0.717) is 0 Å². The molecule has 0 aromatic rings. The fraction of sp³-hybridized carbons (Fsp3) is 0.200. The highest BCUT2D eigenvalue weighted by Crippen LogP contribution is 1.61. The van der Waals surface area contributed by atoms with E-state index in [0.717, 1.165) is 0 Å². The van der Waals surface area contributed by atoms with Gasteiger partial charge in [0.15, 0.2) is 0 Å². The number of rotatable bonds is 0. The lowest BCUT2D eigenvalue weighted by Crippen LogP contribution is -1.89. The Hall–Kier alpha value is -1.30. The van der Waals surface area contributed by atoms with Crippen LogP contribution in [0.3, 0.4) is 0 Å². The summed E-state index contributed by atoms with van der Waals surface area (Å²) in [5.41, 5.74) is 0. The van der Waals surface area contributed by atoms with Gasteiger partial charge in [-0.15, -0.1) is 0 Å². The molecule has 3 heteroatoms. The van der Waals surface area contributed by atoms with Gasteiger partial charge in [-0.2, -0.15) is 0 Å². The summed E-state index contributed by atoms with van der Waals surface area (Å²) in [6.07, 6.45) is 0. The average molecular weight is 112 g/mol. The van der Waals surface area contributed by atoms with Crippen molar-refractivity contribution in [3.63, 3.8) is 0 Å². The molecular weight excluding hydrogens is 108 g/mol. The van der Waals surface area contributed by atoms with Crippen LogP contribution in [0.5, 0.6) is 0 Å². The van der Waals surface area contributed by atoms with Crippen LogP contribution in [0.15, 0.2) is 0 Å². The van der Waals surface area contributed by atoms with Gasteiger partial charge in [0.25, 0.3) is 0 Å². The summed E-state index contributed by atoms with van der Waals surface area (Å²) in [6, 6.07) is 0. The summed E-state index contributed by atoms with van der Waals surface area (Å²) in [6.45, 7) is 1.20. The molecule has 0 bridgehead atoms. The number of Topliss-reactive ketones (excluding diaryl/α,β-unsaturated/α-hetero) is 1. The van der Waals surface area contributed by atoms with Crippen molar-refractivity contribution in [3.05, 3.63) is 0 Å². The number of hydrogen-bond acceptors (Lipinski definition) is 2. The van der Waals surface area contributed by atoms with Gasteiger partial charge in [-0.25, -0.2) is 4.79 Å². The number of carboxylic acid groups (broad SMARTS) is 1. The van der Waals surface area contributed by atoms with E-state index in [1.165, 1.54) is 6.92 Å². The third-order valence-corrected chi connectivity index (χ3v) is 0.345. The molecule has 0 atom stereocenters. The van der Waals surface area contributed by atoms with Crippen LogP contribution in [-0.4, -0.2) is 16.9 Å². The second-order valence-corrected chi connectivity index (χ2v) is 1.11. The molecule has 1 N–H and O–H groups in total. The molecule has 3 nitrogen and oxygen atoms in total. The van der Waals surface area contributed by atoms with Gasteiger partial charge in [0.05, 0.1) is 0 Å². The van der Waals surface area contributed by atoms with Gasteiger partial charge >= 0.3 is 5.97 Å². The second kappa shape index (κ2) is 2.80. The predicted octanol–water partition coefficient (Wildman–Crippen LogP) is -0.337. The van der Waals surface area contributed by atoms with Crippen molar-refractivity contribution in [3.8, 4) is 11.8 Å². The summed E-state index contributed by atoms with van der Waals surface area (Å²) in [5, 5.41) is 7.84. The molecule has 0 aliphatic carbocycles. The van der Waals surface area contributed by atoms with Crippen molar-refractivity contribution < 1.29 is 14.7 Å². The molecule has 0 spiro atoms. The summed E-state index contributed by atoms with van der Waals surface area (Å²) >= 11 is 0. The van der Waals surface area contributed by atoms with Crippen LogP contribution in [0.1, 0.15) is 6.92 Å². The maximum Gasteiger partial charge on any atom is 0.382 e. The Morgan fingerprint density at radius 3 is 2.00 bits per heavy atom. The number of hydrogen-bond donors (Lipinski definition) is 1. The van der Waals surface area contributed by atoms with Gasteiger partial charge < -0.3 is 5.11 Å². The van der Waals surface area contributed by atoms with Crippen molar-refractivity contribution in [2.24, 2.45) is 0 Å². The molecule has 0 amide bonds. The Balaban J connectivity index is 3.87. The van der Waals surface area contributed by atoms with Gasteiger partial charge in [0.1, 0.15) is 0 Å². The van der Waals surface area contributed by atoms with Crippen LogP contribution in [0.25, 0.3) is 0 Å². The first-order valence-corrected chi connectivity index (χ1v) is 1.88. The fourth-order valence-electron chi connectivity index (χ4n) is 0.141. The zero-order chi connectivity index (χ0) is 6.57. The molecule has 0 fully saturated rings. The van der Waals surface area contributed by atoms with Gasteiger partial charge in [-0.1, -0.05) is 0 Å². The Kier molecular flexibility index (Phi) is 2.35. The quantitative estimate of drug-likeness (QED) is 0.344. The minimum Gasteiger partial charge on any atom is -0.472 e. The number of carbonyl (C=O) groups is 2. The first-order chi connectivity index (χ1) is 3.63. The standard InChI is InChI=1S/C5H4O3/c1-4(6)2-3-5(7)8/h1H3,(H,7,8). The van der Waals surface area contributed by atoms with E-state index in [1.807, 2.05) is 5.92 Å². The van der Waals surface area contributed by atoms with Gasteiger partial charge in [0.2, 0.25) is 5.78 Å². The molecule has 0 aromatic carbocycles. The van der Waals surface area contributed by atoms with E-state index < -0.39 is 11.8 Å². The Morgan fingerprint density at radius 2 is 1.88 bits per heavy atom. The number of carbonyl (C=O) groups excluding carboxylic acids is 1. The van der Waals surface area contributed by atoms with E-state index in [4.69, 9.17) is 5.11 Å². The van der Waals surface area contributed by atoms with Gasteiger partial charge in [-0.05, 0) is 5.92 Å². The maximum atomic E-state index is 9.91. The molecule has 0 aliphatic rings. The van der Waals surface area contributed by atoms with E-state index in [2.05, 4.69) is 0 Å². The summed E-state index contributed by atoms with van der Waals surface area (Å²) < 4.78 is 0. The monoisotopic (exact) mass is 112 g/mol. The molecule has 0 radical (unpaired) electrons. The van der Waals surface area contributed by atoms with Crippen molar-refractivity contribution in [2.75, 3.05) is 0 Å².